The summed E-state index contributed by atoms with van der Waals surface area (Å²) in [6, 6.07) is 4.17. The highest BCUT2D eigenvalue weighted by Crippen LogP contribution is 2.23. The first-order valence-electron chi connectivity index (χ1n) is 3.38. The van der Waals surface area contributed by atoms with Gasteiger partial charge in [0.2, 0.25) is 0 Å². The number of allylic oxidation sites excluding steroid dienone is 1. The molecule has 0 aliphatic rings. The average Bonchev–Trinajstić information content (AvgIpc) is 2.03. The molecule has 0 spiro atoms. The van der Waals surface area contributed by atoms with Crippen molar-refractivity contribution in [3.8, 4) is 11.5 Å². The number of carbonyl (C=O) groups excluding carboxylic acids is 1. The number of hydrogen-bond acceptors (Lipinski definition) is 3. The van der Waals surface area contributed by atoms with Crippen molar-refractivity contribution in [1.29, 1.82) is 0 Å². The summed E-state index contributed by atoms with van der Waals surface area (Å²) in [6.45, 7) is 0. The van der Waals surface area contributed by atoms with Crippen LogP contribution in [-0.4, -0.2) is 16.5 Å². The minimum absolute atomic E-state index is 0.00393. The van der Waals surface area contributed by atoms with E-state index in [1.807, 2.05) is 0 Å². The molecule has 0 aliphatic heterocycles. The standard InChI is InChI=1S/C9H8O3/c10-5-1-2-7-3-4-8(11)6-9(7)12/h1-6,11-12H. The van der Waals surface area contributed by atoms with E-state index in [4.69, 9.17) is 5.11 Å². The van der Waals surface area contributed by atoms with Crippen molar-refractivity contribution in [3.63, 3.8) is 0 Å². The molecule has 2 N–H and O–H groups in total. The number of benzene rings is 1. The molecule has 1 aromatic rings. The van der Waals surface area contributed by atoms with Crippen molar-refractivity contribution in [1.82, 2.24) is 0 Å². The molecule has 0 saturated heterocycles. The summed E-state index contributed by atoms with van der Waals surface area (Å²) in [5, 5.41) is 18.1. The number of phenols is 2. The quantitative estimate of drug-likeness (QED) is 0.511. The van der Waals surface area contributed by atoms with Crippen LogP contribution in [0.4, 0.5) is 0 Å². The maximum atomic E-state index is 9.94. The van der Waals surface area contributed by atoms with Crippen molar-refractivity contribution in [2.24, 2.45) is 0 Å². The van der Waals surface area contributed by atoms with Crippen LogP contribution < -0.4 is 0 Å². The Kier molecular flexibility index (Phi) is 2.48. The summed E-state index contributed by atoms with van der Waals surface area (Å²) >= 11 is 0. The summed E-state index contributed by atoms with van der Waals surface area (Å²) in [5.41, 5.74) is 0.500. The minimum Gasteiger partial charge on any atom is -0.508 e. The van der Waals surface area contributed by atoms with Crippen LogP contribution in [-0.2, 0) is 4.79 Å². The smallest absolute Gasteiger partial charge is 0.142 e. The molecular weight excluding hydrogens is 156 g/mol. The second kappa shape index (κ2) is 3.57. The van der Waals surface area contributed by atoms with Gasteiger partial charge < -0.3 is 10.2 Å². The van der Waals surface area contributed by atoms with E-state index in [-0.39, 0.29) is 11.5 Å². The third-order valence-corrected chi connectivity index (χ3v) is 1.37. The Morgan fingerprint density at radius 2 is 2.00 bits per heavy atom. The molecule has 0 atom stereocenters. The number of rotatable bonds is 2. The molecule has 62 valence electrons. The number of carbonyl (C=O) groups is 1. The zero-order chi connectivity index (χ0) is 8.97. The first kappa shape index (κ1) is 8.33. The monoisotopic (exact) mass is 164 g/mol. The van der Waals surface area contributed by atoms with Gasteiger partial charge in [0, 0.05) is 11.6 Å². The van der Waals surface area contributed by atoms with E-state index >= 15 is 0 Å². The highest BCUT2D eigenvalue weighted by Gasteiger charge is 1.96. The zero-order valence-electron chi connectivity index (χ0n) is 6.27. The second-order valence-electron chi connectivity index (χ2n) is 2.24. The molecule has 0 bridgehead atoms. The van der Waals surface area contributed by atoms with Crippen LogP contribution >= 0.6 is 0 Å². The molecule has 1 aromatic carbocycles. The molecule has 0 aromatic heterocycles. The molecule has 0 aliphatic carbocycles. The van der Waals surface area contributed by atoms with Gasteiger partial charge in [-0.2, -0.15) is 0 Å². The Morgan fingerprint density at radius 1 is 1.25 bits per heavy atom. The fourth-order valence-electron chi connectivity index (χ4n) is 0.816. The molecule has 3 nitrogen and oxygen atoms in total. The van der Waals surface area contributed by atoms with Crippen LogP contribution in [0.3, 0.4) is 0 Å². The van der Waals surface area contributed by atoms with Crippen LogP contribution in [0.2, 0.25) is 0 Å². The lowest BCUT2D eigenvalue weighted by Gasteiger charge is -1.97. The van der Waals surface area contributed by atoms with Crippen LogP contribution in [0.25, 0.3) is 6.08 Å². The summed E-state index contributed by atoms with van der Waals surface area (Å²) in [4.78, 5) is 9.94. The third kappa shape index (κ3) is 1.85. The summed E-state index contributed by atoms with van der Waals surface area (Å²) in [5.74, 6) is -0.0520. The molecule has 0 heterocycles. The van der Waals surface area contributed by atoms with Gasteiger partial charge in [0.1, 0.15) is 17.8 Å². The lowest BCUT2D eigenvalue weighted by Crippen LogP contribution is -1.74. The van der Waals surface area contributed by atoms with Gasteiger partial charge >= 0.3 is 0 Å². The second-order valence-corrected chi connectivity index (χ2v) is 2.24. The van der Waals surface area contributed by atoms with Crippen LogP contribution in [0.15, 0.2) is 24.3 Å². The highest BCUT2D eigenvalue weighted by molar-refractivity contribution is 5.75. The Balaban J connectivity index is 3.01. The van der Waals surface area contributed by atoms with E-state index in [0.29, 0.717) is 11.8 Å². The molecular formula is C9H8O3. The summed E-state index contributed by atoms with van der Waals surface area (Å²) in [7, 11) is 0. The van der Waals surface area contributed by atoms with E-state index in [1.165, 1.54) is 30.4 Å². The van der Waals surface area contributed by atoms with E-state index in [2.05, 4.69) is 0 Å². The zero-order valence-corrected chi connectivity index (χ0v) is 6.27. The van der Waals surface area contributed by atoms with Gasteiger partial charge in [0.25, 0.3) is 0 Å². The van der Waals surface area contributed by atoms with Gasteiger partial charge in [0.15, 0.2) is 0 Å². The predicted octanol–water partition coefficient (Wildman–Crippen LogP) is 1.31. The van der Waals surface area contributed by atoms with Crippen molar-refractivity contribution >= 4 is 12.4 Å². The number of hydrogen-bond donors (Lipinski definition) is 2. The van der Waals surface area contributed by atoms with Gasteiger partial charge in [-0.15, -0.1) is 0 Å². The Labute approximate surface area is 69.6 Å². The lowest BCUT2D eigenvalue weighted by atomic mass is 10.2. The molecule has 0 fully saturated rings. The average molecular weight is 164 g/mol. The first-order chi connectivity index (χ1) is 5.74. The number of aldehydes is 1. The molecule has 0 amide bonds. The predicted molar refractivity (Wildman–Crippen MR) is 44.9 cm³/mol. The Morgan fingerprint density at radius 3 is 2.58 bits per heavy atom. The third-order valence-electron chi connectivity index (χ3n) is 1.37. The Bertz CT molecular complexity index is 316. The van der Waals surface area contributed by atoms with Crippen LogP contribution in [0, 0.1) is 0 Å². The molecule has 0 saturated carbocycles. The maximum absolute atomic E-state index is 9.94. The SMILES string of the molecule is O=CC=Cc1ccc(O)cc1O. The fraction of sp³-hybridized carbons (Fsp3) is 0. The molecule has 0 unspecified atom stereocenters. The summed E-state index contributed by atoms with van der Waals surface area (Å²) < 4.78 is 0. The van der Waals surface area contributed by atoms with Gasteiger partial charge in [-0.1, -0.05) is 0 Å². The van der Waals surface area contributed by atoms with E-state index in [0.717, 1.165) is 0 Å². The lowest BCUT2D eigenvalue weighted by molar-refractivity contribution is -0.104. The fourth-order valence-corrected chi connectivity index (χ4v) is 0.816. The van der Waals surface area contributed by atoms with Crippen LogP contribution in [0.5, 0.6) is 11.5 Å². The largest absolute Gasteiger partial charge is 0.508 e. The van der Waals surface area contributed by atoms with Gasteiger partial charge in [-0.05, 0) is 24.3 Å². The number of aromatic hydroxyl groups is 2. The van der Waals surface area contributed by atoms with E-state index in [1.54, 1.807) is 0 Å². The highest BCUT2D eigenvalue weighted by atomic mass is 16.3. The molecule has 1 rings (SSSR count). The van der Waals surface area contributed by atoms with Gasteiger partial charge in [-0.25, -0.2) is 0 Å². The van der Waals surface area contributed by atoms with Crippen molar-refractivity contribution < 1.29 is 15.0 Å². The molecule has 0 radical (unpaired) electrons. The van der Waals surface area contributed by atoms with Crippen molar-refractivity contribution in [3.05, 3.63) is 29.8 Å². The van der Waals surface area contributed by atoms with Crippen molar-refractivity contribution in [2.75, 3.05) is 0 Å². The minimum atomic E-state index is -0.0481. The van der Waals surface area contributed by atoms with E-state index in [9.17, 15) is 9.90 Å². The Hall–Kier alpha value is -1.77. The maximum Gasteiger partial charge on any atom is 0.142 e. The van der Waals surface area contributed by atoms with Gasteiger partial charge in [-0.3, -0.25) is 4.79 Å². The molecule has 12 heavy (non-hydrogen) atoms. The van der Waals surface area contributed by atoms with Gasteiger partial charge in [0.05, 0.1) is 0 Å². The van der Waals surface area contributed by atoms with E-state index < -0.39 is 0 Å². The van der Waals surface area contributed by atoms with Crippen LogP contribution in [0.1, 0.15) is 5.56 Å². The normalized spacial score (nSPS) is 10.3. The summed E-state index contributed by atoms with van der Waals surface area (Å²) in [6.07, 6.45) is 3.35. The number of phenolic OH excluding ortho intramolecular Hbond substituents is 2. The topological polar surface area (TPSA) is 57.5 Å². The van der Waals surface area contributed by atoms with Crippen molar-refractivity contribution in [2.45, 2.75) is 0 Å². The first-order valence-corrected chi connectivity index (χ1v) is 3.38. The molecule has 3 heteroatoms.